The molecule has 0 atom stereocenters. The predicted molar refractivity (Wildman–Crippen MR) is 48.6 cm³/mol. The van der Waals surface area contributed by atoms with E-state index in [0.717, 1.165) is 12.1 Å². The Hall–Kier alpha value is -1.48. The summed E-state index contributed by atoms with van der Waals surface area (Å²) in [7, 11) is -3.91. The average Bonchev–Trinajstić information content (AvgIpc) is 2.18. The van der Waals surface area contributed by atoms with Crippen molar-refractivity contribution in [1.29, 1.82) is 5.26 Å². The average molecular weight is 231 g/mol. The van der Waals surface area contributed by atoms with Crippen LogP contribution in [0.25, 0.3) is 0 Å². The van der Waals surface area contributed by atoms with Crippen LogP contribution < -0.4 is 0 Å². The van der Waals surface area contributed by atoms with Gasteiger partial charge < -0.3 is 0 Å². The van der Waals surface area contributed by atoms with Gasteiger partial charge in [0.05, 0.1) is 11.8 Å². The van der Waals surface area contributed by atoms with E-state index in [-0.39, 0.29) is 6.42 Å². The number of hydrogen-bond donors (Lipinski definition) is 0. The molecule has 0 radical (unpaired) electrons. The first-order valence-corrected chi connectivity index (χ1v) is 5.67. The molecular weight excluding hydrogens is 224 g/mol. The smallest absolute Gasteiger partial charge is 0.182 e. The second-order valence-electron chi connectivity index (χ2n) is 2.80. The molecule has 1 aromatic rings. The van der Waals surface area contributed by atoms with E-state index in [4.69, 9.17) is 5.26 Å². The molecule has 15 heavy (non-hydrogen) atoms. The van der Waals surface area contributed by atoms with Crippen molar-refractivity contribution < 1.29 is 17.2 Å². The molecular formula is C9H7F2NO2S. The summed E-state index contributed by atoms with van der Waals surface area (Å²) < 4.78 is 48.6. The first-order valence-electron chi connectivity index (χ1n) is 4.02. The Morgan fingerprint density at radius 3 is 2.60 bits per heavy atom. The molecule has 0 aliphatic heterocycles. The van der Waals surface area contributed by atoms with E-state index in [1.807, 2.05) is 0 Å². The second-order valence-corrected chi connectivity index (χ2v) is 4.88. The fraction of sp³-hybridized carbons (Fsp3) is 0.222. The Morgan fingerprint density at radius 1 is 1.33 bits per heavy atom. The summed E-state index contributed by atoms with van der Waals surface area (Å²) >= 11 is 0. The predicted octanol–water partition coefficient (Wildman–Crippen LogP) is 1.65. The van der Waals surface area contributed by atoms with Gasteiger partial charge in [-0.25, -0.2) is 17.2 Å². The highest BCUT2D eigenvalue weighted by molar-refractivity contribution is 7.91. The lowest BCUT2D eigenvalue weighted by molar-refractivity contribution is 0.553. The largest absolute Gasteiger partial charge is 0.224 e. The highest BCUT2D eigenvalue weighted by Gasteiger charge is 2.19. The van der Waals surface area contributed by atoms with Crippen LogP contribution in [0.5, 0.6) is 0 Å². The molecule has 0 saturated carbocycles. The molecule has 0 saturated heterocycles. The Morgan fingerprint density at radius 2 is 2.00 bits per heavy atom. The molecule has 0 unspecified atom stereocenters. The minimum Gasteiger partial charge on any atom is -0.224 e. The summed E-state index contributed by atoms with van der Waals surface area (Å²) in [6.07, 6.45) is -0.252. The minimum atomic E-state index is -3.91. The SMILES string of the molecule is N#CCCS(=O)(=O)c1cc(F)ccc1F. The maximum Gasteiger partial charge on any atom is 0.182 e. The van der Waals surface area contributed by atoms with E-state index in [1.165, 1.54) is 0 Å². The van der Waals surface area contributed by atoms with Crippen LogP contribution in [0.15, 0.2) is 23.1 Å². The minimum absolute atomic E-state index is 0.252. The first kappa shape index (κ1) is 11.6. The summed E-state index contributed by atoms with van der Waals surface area (Å²) in [6.45, 7) is 0. The lowest BCUT2D eigenvalue weighted by Crippen LogP contribution is -2.08. The molecule has 0 aromatic heterocycles. The van der Waals surface area contributed by atoms with Gasteiger partial charge in [0, 0.05) is 6.42 Å². The number of benzene rings is 1. The highest BCUT2D eigenvalue weighted by Crippen LogP contribution is 2.17. The molecule has 0 aliphatic carbocycles. The van der Waals surface area contributed by atoms with Crippen molar-refractivity contribution in [3.63, 3.8) is 0 Å². The van der Waals surface area contributed by atoms with Gasteiger partial charge in [-0.2, -0.15) is 5.26 Å². The van der Waals surface area contributed by atoms with Crippen LogP contribution in [-0.2, 0) is 9.84 Å². The Kier molecular flexibility index (Phi) is 3.37. The Bertz CT molecular complexity index is 505. The van der Waals surface area contributed by atoms with Crippen molar-refractivity contribution in [2.75, 3.05) is 5.75 Å². The van der Waals surface area contributed by atoms with Gasteiger partial charge in [-0.15, -0.1) is 0 Å². The van der Waals surface area contributed by atoms with E-state index in [9.17, 15) is 17.2 Å². The molecule has 0 amide bonds. The van der Waals surface area contributed by atoms with Crippen molar-refractivity contribution >= 4 is 9.84 Å². The zero-order chi connectivity index (χ0) is 11.5. The topological polar surface area (TPSA) is 57.9 Å². The number of nitrogens with zero attached hydrogens (tertiary/aromatic N) is 1. The Labute approximate surface area is 85.9 Å². The summed E-state index contributed by atoms with van der Waals surface area (Å²) in [5.74, 6) is -2.34. The highest BCUT2D eigenvalue weighted by atomic mass is 32.2. The zero-order valence-electron chi connectivity index (χ0n) is 7.57. The van der Waals surface area contributed by atoms with E-state index < -0.39 is 32.1 Å². The molecule has 0 fully saturated rings. The van der Waals surface area contributed by atoms with E-state index in [0.29, 0.717) is 6.07 Å². The van der Waals surface area contributed by atoms with Gasteiger partial charge in [0.2, 0.25) is 0 Å². The van der Waals surface area contributed by atoms with Crippen LogP contribution in [0, 0.1) is 23.0 Å². The van der Waals surface area contributed by atoms with Gasteiger partial charge in [-0.1, -0.05) is 0 Å². The molecule has 0 heterocycles. The van der Waals surface area contributed by atoms with E-state index in [1.54, 1.807) is 6.07 Å². The van der Waals surface area contributed by atoms with Crippen LogP contribution in [0.3, 0.4) is 0 Å². The summed E-state index contributed by atoms with van der Waals surface area (Å²) in [5, 5.41) is 8.22. The molecule has 6 heteroatoms. The number of halogens is 2. The van der Waals surface area contributed by atoms with Crippen LogP contribution in [-0.4, -0.2) is 14.2 Å². The van der Waals surface area contributed by atoms with E-state index in [2.05, 4.69) is 0 Å². The van der Waals surface area contributed by atoms with Crippen LogP contribution in [0.2, 0.25) is 0 Å². The van der Waals surface area contributed by atoms with Gasteiger partial charge in [-0.05, 0) is 18.2 Å². The van der Waals surface area contributed by atoms with Gasteiger partial charge in [-0.3, -0.25) is 0 Å². The molecule has 80 valence electrons. The van der Waals surface area contributed by atoms with Crippen molar-refractivity contribution in [3.05, 3.63) is 29.8 Å². The second kappa shape index (κ2) is 4.36. The maximum atomic E-state index is 13.1. The number of sulfone groups is 1. The molecule has 0 bridgehead atoms. The van der Waals surface area contributed by atoms with Crippen LogP contribution in [0.1, 0.15) is 6.42 Å². The van der Waals surface area contributed by atoms with E-state index >= 15 is 0 Å². The third kappa shape index (κ3) is 2.73. The zero-order valence-corrected chi connectivity index (χ0v) is 8.39. The fourth-order valence-electron chi connectivity index (χ4n) is 1.01. The quantitative estimate of drug-likeness (QED) is 0.794. The summed E-state index contributed by atoms with van der Waals surface area (Å²) in [5.41, 5.74) is 0. The molecule has 0 spiro atoms. The molecule has 3 nitrogen and oxygen atoms in total. The fourth-order valence-corrected chi connectivity index (χ4v) is 2.24. The normalized spacial score (nSPS) is 11.0. The first-order chi connectivity index (χ1) is 6.97. The third-order valence-electron chi connectivity index (χ3n) is 1.71. The molecule has 0 aliphatic rings. The number of nitriles is 1. The van der Waals surface area contributed by atoms with Crippen molar-refractivity contribution in [3.8, 4) is 6.07 Å². The van der Waals surface area contributed by atoms with Gasteiger partial charge >= 0.3 is 0 Å². The van der Waals surface area contributed by atoms with Gasteiger partial charge in [0.1, 0.15) is 16.5 Å². The standard InChI is InChI=1S/C9H7F2NO2S/c10-7-2-3-8(11)9(6-7)15(13,14)5-1-4-12/h2-3,6H,1,5H2. The number of rotatable bonds is 3. The molecule has 0 N–H and O–H groups in total. The van der Waals surface area contributed by atoms with Crippen molar-refractivity contribution in [2.45, 2.75) is 11.3 Å². The third-order valence-corrected chi connectivity index (χ3v) is 3.44. The number of hydrogen-bond acceptors (Lipinski definition) is 3. The van der Waals surface area contributed by atoms with Crippen LogP contribution >= 0.6 is 0 Å². The summed E-state index contributed by atoms with van der Waals surface area (Å²) in [6, 6.07) is 3.82. The molecule has 1 rings (SSSR count). The lowest BCUT2D eigenvalue weighted by atomic mass is 10.3. The van der Waals surface area contributed by atoms with Crippen molar-refractivity contribution in [2.24, 2.45) is 0 Å². The Balaban J connectivity index is 3.16. The van der Waals surface area contributed by atoms with Gasteiger partial charge in [0.25, 0.3) is 0 Å². The maximum absolute atomic E-state index is 13.1. The molecule has 1 aromatic carbocycles. The van der Waals surface area contributed by atoms with Crippen molar-refractivity contribution in [1.82, 2.24) is 0 Å². The van der Waals surface area contributed by atoms with Gasteiger partial charge in [0.15, 0.2) is 9.84 Å². The monoisotopic (exact) mass is 231 g/mol. The summed E-state index contributed by atoms with van der Waals surface area (Å²) in [4.78, 5) is -0.697. The lowest BCUT2D eigenvalue weighted by Gasteiger charge is -2.03. The van der Waals surface area contributed by atoms with Crippen LogP contribution in [0.4, 0.5) is 8.78 Å².